The molecule has 0 spiro atoms. The number of hydrogen-bond donors (Lipinski definition) is 1. The van der Waals surface area contributed by atoms with Gasteiger partial charge in [0.15, 0.2) is 0 Å². The number of nitrogens with zero attached hydrogens (tertiary/aromatic N) is 4. The normalized spacial score (nSPS) is 15.0. The molecule has 1 aromatic carbocycles. The third kappa shape index (κ3) is 3.75. The summed E-state index contributed by atoms with van der Waals surface area (Å²) in [4.78, 5) is 24.8. The summed E-state index contributed by atoms with van der Waals surface area (Å²) in [5.41, 5.74) is 0.170. The highest BCUT2D eigenvalue weighted by Crippen LogP contribution is 2.24. The minimum Gasteiger partial charge on any atom is -0.496 e. The Morgan fingerprint density at radius 1 is 1.15 bits per heavy atom. The number of sulfonamides is 1. The third-order valence-electron chi connectivity index (χ3n) is 4.13. The van der Waals surface area contributed by atoms with E-state index in [0.717, 1.165) is 0 Å². The molecule has 0 unspecified atom stereocenters. The van der Waals surface area contributed by atoms with Gasteiger partial charge < -0.3 is 14.5 Å². The van der Waals surface area contributed by atoms with Gasteiger partial charge in [-0.25, -0.2) is 23.5 Å². The fourth-order valence-corrected chi connectivity index (χ4v) is 3.31. The number of carbonyl (C=O) groups is 1. The van der Waals surface area contributed by atoms with Crippen LogP contribution >= 0.6 is 0 Å². The van der Waals surface area contributed by atoms with Crippen LogP contribution in [0.15, 0.2) is 41.6 Å². The molecule has 0 aliphatic carbocycles. The fraction of sp³-hybridized carbons (Fsp3) is 0.312. The van der Waals surface area contributed by atoms with Gasteiger partial charge in [0.2, 0.25) is 16.0 Å². The van der Waals surface area contributed by atoms with Crippen molar-refractivity contribution >= 4 is 21.9 Å². The number of anilines is 1. The molecule has 0 bridgehead atoms. The fourth-order valence-electron chi connectivity index (χ4n) is 2.77. The summed E-state index contributed by atoms with van der Waals surface area (Å²) in [6.45, 7) is 2.07. The number of benzene rings is 1. The van der Waals surface area contributed by atoms with Gasteiger partial charge in [-0.3, -0.25) is 4.79 Å². The number of amides is 1. The molecule has 1 amide bonds. The van der Waals surface area contributed by atoms with Crippen molar-refractivity contribution < 1.29 is 17.9 Å². The van der Waals surface area contributed by atoms with Crippen molar-refractivity contribution in [2.24, 2.45) is 5.14 Å². The molecule has 9 nitrogen and oxygen atoms in total. The summed E-state index contributed by atoms with van der Waals surface area (Å²) in [7, 11) is -2.49. The van der Waals surface area contributed by atoms with Crippen LogP contribution in [0.2, 0.25) is 0 Å². The third-order valence-corrected chi connectivity index (χ3v) is 5.04. The Kier molecular flexibility index (Phi) is 5.05. The predicted octanol–water partition coefficient (Wildman–Crippen LogP) is 0.0950. The number of hydrogen-bond acceptors (Lipinski definition) is 7. The number of primary sulfonamides is 1. The Morgan fingerprint density at radius 2 is 1.81 bits per heavy atom. The Hall–Kier alpha value is -2.72. The van der Waals surface area contributed by atoms with Gasteiger partial charge in [0.05, 0.1) is 17.6 Å². The van der Waals surface area contributed by atoms with E-state index in [1.807, 2.05) is 4.90 Å². The lowest BCUT2D eigenvalue weighted by Crippen LogP contribution is -2.49. The van der Waals surface area contributed by atoms with Crippen LogP contribution in [0.4, 0.5) is 5.95 Å². The van der Waals surface area contributed by atoms with Crippen molar-refractivity contribution in [3.05, 3.63) is 42.2 Å². The number of ether oxygens (including phenoxy) is 1. The van der Waals surface area contributed by atoms with Gasteiger partial charge in [0.1, 0.15) is 5.75 Å². The molecule has 0 radical (unpaired) electrons. The molecule has 2 N–H and O–H groups in total. The minimum atomic E-state index is -3.91. The topological polar surface area (TPSA) is 119 Å². The molecule has 0 saturated carbocycles. The molecule has 138 valence electrons. The van der Waals surface area contributed by atoms with Crippen molar-refractivity contribution in [1.82, 2.24) is 14.9 Å². The van der Waals surface area contributed by atoms with E-state index < -0.39 is 10.0 Å². The molecule has 1 aromatic heterocycles. The zero-order valence-electron chi connectivity index (χ0n) is 14.2. The summed E-state index contributed by atoms with van der Waals surface area (Å²) in [5.74, 6) is 0.616. The van der Waals surface area contributed by atoms with Crippen LogP contribution in [0, 0.1) is 0 Å². The molecule has 1 aliphatic heterocycles. The van der Waals surface area contributed by atoms with Crippen LogP contribution in [0.1, 0.15) is 10.4 Å². The van der Waals surface area contributed by atoms with Gasteiger partial charge >= 0.3 is 0 Å². The van der Waals surface area contributed by atoms with Crippen molar-refractivity contribution in [1.29, 1.82) is 0 Å². The Morgan fingerprint density at radius 3 is 2.38 bits per heavy atom. The number of aromatic nitrogens is 2. The van der Waals surface area contributed by atoms with Gasteiger partial charge in [-0.05, 0) is 24.3 Å². The maximum atomic E-state index is 12.9. The first kappa shape index (κ1) is 18.1. The van der Waals surface area contributed by atoms with E-state index in [2.05, 4.69) is 9.97 Å². The summed E-state index contributed by atoms with van der Waals surface area (Å²) >= 11 is 0. The van der Waals surface area contributed by atoms with E-state index in [9.17, 15) is 13.2 Å². The van der Waals surface area contributed by atoms with Gasteiger partial charge in [0.25, 0.3) is 5.91 Å². The lowest BCUT2D eigenvalue weighted by atomic mass is 10.1. The lowest BCUT2D eigenvalue weighted by Gasteiger charge is -2.34. The smallest absolute Gasteiger partial charge is 0.257 e. The van der Waals surface area contributed by atoms with Crippen molar-refractivity contribution in [2.75, 3.05) is 38.2 Å². The molecule has 3 rings (SSSR count). The van der Waals surface area contributed by atoms with E-state index in [-0.39, 0.29) is 16.4 Å². The van der Waals surface area contributed by atoms with E-state index in [1.165, 1.54) is 25.3 Å². The zero-order chi connectivity index (χ0) is 18.7. The van der Waals surface area contributed by atoms with Crippen molar-refractivity contribution in [3.8, 4) is 5.75 Å². The second-order valence-corrected chi connectivity index (χ2v) is 7.30. The van der Waals surface area contributed by atoms with E-state index in [0.29, 0.717) is 37.9 Å². The average molecular weight is 377 g/mol. The van der Waals surface area contributed by atoms with Crippen molar-refractivity contribution in [2.45, 2.75) is 4.90 Å². The number of piperazine rings is 1. The SMILES string of the molecule is COc1ccc(S(N)(=O)=O)cc1C(=O)N1CCN(c2ncccn2)CC1. The van der Waals surface area contributed by atoms with Gasteiger partial charge in [0, 0.05) is 38.6 Å². The molecule has 2 heterocycles. The average Bonchev–Trinajstić information content (AvgIpc) is 2.67. The first-order valence-corrected chi connectivity index (χ1v) is 9.47. The summed E-state index contributed by atoms with van der Waals surface area (Å²) in [6, 6.07) is 5.74. The molecule has 1 aliphatic rings. The summed E-state index contributed by atoms with van der Waals surface area (Å²) in [6.07, 6.45) is 3.34. The molecular formula is C16H19N5O4S. The first-order valence-electron chi connectivity index (χ1n) is 7.92. The van der Waals surface area contributed by atoms with Crippen molar-refractivity contribution in [3.63, 3.8) is 0 Å². The second kappa shape index (κ2) is 7.26. The number of rotatable bonds is 4. The van der Waals surface area contributed by atoms with Crippen LogP contribution in [-0.2, 0) is 10.0 Å². The van der Waals surface area contributed by atoms with Gasteiger partial charge in [-0.15, -0.1) is 0 Å². The zero-order valence-corrected chi connectivity index (χ0v) is 15.0. The van der Waals surface area contributed by atoms with Crippen LogP contribution < -0.4 is 14.8 Å². The first-order chi connectivity index (χ1) is 12.4. The molecule has 10 heteroatoms. The van der Waals surface area contributed by atoms with Crippen LogP contribution in [0.25, 0.3) is 0 Å². The summed E-state index contributed by atoms with van der Waals surface area (Å²) < 4.78 is 28.4. The monoisotopic (exact) mass is 377 g/mol. The molecule has 1 saturated heterocycles. The van der Waals surface area contributed by atoms with Gasteiger partial charge in [-0.2, -0.15) is 0 Å². The largest absolute Gasteiger partial charge is 0.496 e. The van der Waals surface area contributed by atoms with E-state index >= 15 is 0 Å². The van der Waals surface area contributed by atoms with Crippen LogP contribution in [-0.4, -0.2) is 62.5 Å². The number of methoxy groups -OCH3 is 1. The van der Waals surface area contributed by atoms with E-state index in [4.69, 9.17) is 9.88 Å². The molecule has 0 atom stereocenters. The standard InChI is InChI=1S/C16H19N5O4S/c1-25-14-4-3-12(26(17,23)24)11-13(14)15(22)20-7-9-21(10-8-20)16-18-5-2-6-19-16/h2-6,11H,7-10H2,1H3,(H2,17,23,24). The second-order valence-electron chi connectivity index (χ2n) is 5.74. The molecule has 1 fully saturated rings. The highest BCUT2D eigenvalue weighted by atomic mass is 32.2. The Bertz CT molecular complexity index is 896. The Balaban J connectivity index is 1.78. The minimum absolute atomic E-state index is 0.127. The Labute approximate surface area is 151 Å². The van der Waals surface area contributed by atoms with E-state index in [1.54, 1.807) is 23.4 Å². The molecule has 2 aromatic rings. The lowest BCUT2D eigenvalue weighted by molar-refractivity contribution is 0.0742. The predicted molar refractivity (Wildman–Crippen MR) is 94.5 cm³/mol. The van der Waals surface area contributed by atoms with Crippen LogP contribution in [0.5, 0.6) is 5.75 Å². The quantitative estimate of drug-likeness (QED) is 0.802. The highest BCUT2D eigenvalue weighted by molar-refractivity contribution is 7.89. The van der Waals surface area contributed by atoms with Crippen LogP contribution in [0.3, 0.4) is 0 Å². The highest BCUT2D eigenvalue weighted by Gasteiger charge is 2.26. The summed E-state index contributed by atoms with van der Waals surface area (Å²) in [5, 5.41) is 5.16. The maximum absolute atomic E-state index is 12.9. The maximum Gasteiger partial charge on any atom is 0.257 e. The number of nitrogens with two attached hydrogens (primary N) is 1. The molecule has 26 heavy (non-hydrogen) atoms. The van der Waals surface area contributed by atoms with Gasteiger partial charge in [-0.1, -0.05) is 0 Å². The molecular weight excluding hydrogens is 358 g/mol. The number of carbonyl (C=O) groups excluding carboxylic acids is 1.